The quantitative estimate of drug-likeness (QED) is 0.799. The number of hydrogen-bond donors (Lipinski definition) is 2. The second-order valence-corrected chi connectivity index (χ2v) is 8.38. The van der Waals surface area contributed by atoms with Crippen LogP contribution in [0.15, 0.2) is 24.5 Å². The molecule has 0 radical (unpaired) electrons. The predicted octanol–water partition coefficient (Wildman–Crippen LogP) is 2.34. The minimum Gasteiger partial charge on any atom is -0.384 e. The molecule has 0 unspecified atom stereocenters. The van der Waals surface area contributed by atoms with Crippen molar-refractivity contribution in [3.05, 3.63) is 30.2 Å². The van der Waals surface area contributed by atoms with Crippen LogP contribution in [-0.2, 0) is 15.1 Å². The molecule has 3 heterocycles. The third kappa shape index (κ3) is 4.23. The van der Waals surface area contributed by atoms with Gasteiger partial charge in [0.15, 0.2) is 11.6 Å². The Morgan fingerprint density at radius 3 is 2.76 bits per heavy atom. The van der Waals surface area contributed by atoms with Gasteiger partial charge in [0.1, 0.15) is 5.60 Å². The van der Waals surface area contributed by atoms with Gasteiger partial charge in [0, 0.05) is 25.4 Å². The lowest BCUT2D eigenvalue weighted by molar-refractivity contribution is -0.115. The van der Waals surface area contributed by atoms with Gasteiger partial charge in [-0.2, -0.15) is 0 Å². The summed E-state index contributed by atoms with van der Waals surface area (Å²) in [5.74, 6) is 1.58. The molecule has 0 spiro atoms. The predicted molar refractivity (Wildman–Crippen MR) is 109 cm³/mol. The maximum atomic E-state index is 12.1. The largest absolute Gasteiger partial charge is 0.384 e. The number of nitrogens with one attached hydrogen (secondary N) is 1. The molecule has 1 fully saturated rings. The summed E-state index contributed by atoms with van der Waals surface area (Å²) >= 11 is 0. The van der Waals surface area contributed by atoms with E-state index in [0.717, 1.165) is 31.4 Å². The number of fused-ring (bicyclic) bond motifs is 1. The summed E-state index contributed by atoms with van der Waals surface area (Å²) in [6, 6.07) is 3.67. The summed E-state index contributed by atoms with van der Waals surface area (Å²) < 4.78 is 5.48. The zero-order valence-corrected chi connectivity index (χ0v) is 17.1. The number of aromatic nitrogens is 3. The lowest BCUT2D eigenvalue weighted by Crippen LogP contribution is -2.41. The summed E-state index contributed by atoms with van der Waals surface area (Å²) in [6.07, 6.45) is 6.77. The first kappa shape index (κ1) is 19.7. The highest BCUT2D eigenvalue weighted by molar-refractivity contribution is 5.99. The molecule has 0 saturated heterocycles. The van der Waals surface area contributed by atoms with Crippen LogP contribution < -0.4 is 10.2 Å². The van der Waals surface area contributed by atoms with Crippen molar-refractivity contribution in [2.45, 2.75) is 44.8 Å². The molecule has 1 aliphatic heterocycles. The minimum absolute atomic E-state index is 0.0722. The molecule has 1 aliphatic carbocycles. The molecule has 8 heteroatoms. The Labute approximate surface area is 170 Å². The third-order valence-electron chi connectivity index (χ3n) is 5.64. The SMILES string of the molecule is CO[C@H]1CC[C@@H](CN2CC(=O)Nc3ncc(-c4ccc(C(C)(C)O)nc4)nc32)C1. The molecular weight excluding hydrogens is 370 g/mol. The maximum absolute atomic E-state index is 12.1. The van der Waals surface area contributed by atoms with Crippen molar-refractivity contribution in [3.63, 3.8) is 0 Å². The van der Waals surface area contributed by atoms with E-state index >= 15 is 0 Å². The first-order valence-corrected chi connectivity index (χ1v) is 9.97. The fraction of sp³-hybridized carbons (Fsp3) is 0.524. The maximum Gasteiger partial charge on any atom is 0.245 e. The molecule has 0 bridgehead atoms. The van der Waals surface area contributed by atoms with Crippen LogP contribution in [0.2, 0.25) is 0 Å². The summed E-state index contributed by atoms with van der Waals surface area (Å²) in [4.78, 5) is 27.7. The van der Waals surface area contributed by atoms with E-state index in [-0.39, 0.29) is 12.5 Å². The average molecular weight is 397 g/mol. The monoisotopic (exact) mass is 397 g/mol. The number of anilines is 2. The minimum atomic E-state index is -0.998. The second kappa shape index (κ2) is 7.68. The molecular formula is C21H27N5O3. The van der Waals surface area contributed by atoms with Crippen molar-refractivity contribution in [1.29, 1.82) is 0 Å². The van der Waals surface area contributed by atoms with Gasteiger partial charge in [-0.3, -0.25) is 9.78 Å². The number of methoxy groups -OCH3 is 1. The smallest absolute Gasteiger partial charge is 0.245 e. The molecule has 29 heavy (non-hydrogen) atoms. The molecule has 2 aliphatic rings. The lowest BCUT2D eigenvalue weighted by atomic mass is 10.0. The summed E-state index contributed by atoms with van der Waals surface area (Å²) in [7, 11) is 1.76. The molecule has 2 aromatic heterocycles. The number of nitrogens with zero attached hydrogens (tertiary/aromatic N) is 4. The normalized spacial score (nSPS) is 21.8. The summed E-state index contributed by atoms with van der Waals surface area (Å²) in [6.45, 7) is 4.43. The van der Waals surface area contributed by atoms with Crippen LogP contribution in [0.3, 0.4) is 0 Å². The summed E-state index contributed by atoms with van der Waals surface area (Å²) in [5.41, 5.74) is 1.09. The van der Waals surface area contributed by atoms with Crippen LogP contribution in [0.25, 0.3) is 11.3 Å². The van der Waals surface area contributed by atoms with E-state index < -0.39 is 5.60 Å². The Morgan fingerprint density at radius 1 is 1.28 bits per heavy atom. The van der Waals surface area contributed by atoms with Crippen LogP contribution in [0, 0.1) is 5.92 Å². The molecule has 0 aromatic carbocycles. The Kier molecular flexibility index (Phi) is 5.23. The van der Waals surface area contributed by atoms with Gasteiger partial charge in [0.2, 0.25) is 5.91 Å². The average Bonchev–Trinajstić information content (AvgIpc) is 3.15. The van der Waals surface area contributed by atoms with Crippen molar-refractivity contribution < 1.29 is 14.6 Å². The fourth-order valence-electron chi connectivity index (χ4n) is 4.03. The highest BCUT2D eigenvalue weighted by Crippen LogP contribution is 2.33. The van der Waals surface area contributed by atoms with E-state index in [4.69, 9.17) is 9.72 Å². The van der Waals surface area contributed by atoms with E-state index in [1.165, 1.54) is 0 Å². The van der Waals surface area contributed by atoms with Crippen molar-refractivity contribution in [2.75, 3.05) is 30.4 Å². The third-order valence-corrected chi connectivity index (χ3v) is 5.64. The topological polar surface area (TPSA) is 100 Å². The number of pyridine rings is 1. The van der Waals surface area contributed by atoms with Gasteiger partial charge < -0.3 is 20.1 Å². The number of ether oxygens (including phenoxy) is 1. The standard InChI is InChI=1S/C21H27N5O3/c1-21(2,28)17-7-5-14(9-22-17)16-10-23-19-20(24-16)26(12-18(27)25-19)11-13-4-6-15(8-13)29-3/h5,7,9-10,13,15,28H,4,6,8,11-12H2,1-3H3,(H,23,25,27)/t13-,15+/m1/s1. The van der Waals surface area contributed by atoms with Gasteiger partial charge in [-0.1, -0.05) is 0 Å². The molecule has 2 N–H and O–H groups in total. The van der Waals surface area contributed by atoms with Crippen molar-refractivity contribution in [3.8, 4) is 11.3 Å². The Morgan fingerprint density at radius 2 is 2.10 bits per heavy atom. The van der Waals surface area contributed by atoms with E-state index in [1.54, 1.807) is 39.4 Å². The number of amides is 1. The van der Waals surface area contributed by atoms with Crippen LogP contribution in [0.4, 0.5) is 11.6 Å². The molecule has 1 saturated carbocycles. The van der Waals surface area contributed by atoms with Gasteiger partial charge in [0.25, 0.3) is 0 Å². The summed E-state index contributed by atoms with van der Waals surface area (Å²) in [5, 5.41) is 12.9. The van der Waals surface area contributed by atoms with Crippen LogP contribution in [0.1, 0.15) is 38.8 Å². The van der Waals surface area contributed by atoms with Crippen LogP contribution in [-0.4, -0.2) is 52.3 Å². The molecule has 4 rings (SSSR count). The van der Waals surface area contributed by atoms with Gasteiger partial charge in [0.05, 0.1) is 30.2 Å². The van der Waals surface area contributed by atoms with E-state index in [0.29, 0.717) is 35.0 Å². The highest BCUT2D eigenvalue weighted by Gasteiger charge is 2.31. The van der Waals surface area contributed by atoms with E-state index in [1.807, 2.05) is 11.0 Å². The van der Waals surface area contributed by atoms with Crippen molar-refractivity contribution in [1.82, 2.24) is 15.0 Å². The van der Waals surface area contributed by atoms with E-state index in [9.17, 15) is 9.90 Å². The number of aliphatic hydroxyl groups is 1. The molecule has 8 nitrogen and oxygen atoms in total. The van der Waals surface area contributed by atoms with Crippen LogP contribution in [0.5, 0.6) is 0 Å². The van der Waals surface area contributed by atoms with Gasteiger partial charge in [-0.15, -0.1) is 0 Å². The van der Waals surface area contributed by atoms with Crippen molar-refractivity contribution in [2.24, 2.45) is 5.92 Å². The molecule has 2 atom stereocenters. The second-order valence-electron chi connectivity index (χ2n) is 8.38. The Hall–Kier alpha value is -2.58. The molecule has 2 aromatic rings. The first-order chi connectivity index (χ1) is 13.8. The zero-order valence-electron chi connectivity index (χ0n) is 17.1. The van der Waals surface area contributed by atoms with Gasteiger partial charge >= 0.3 is 0 Å². The highest BCUT2D eigenvalue weighted by atomic mass is 16.5. The van der Waals surface area contributed by atoms with Gasteiger partial charge in [-0.05, 0) is 51.2 Å². The number of rotatable bonds is 5. The number of hydrogen-bond acceptors (Lipinski definition) is 7. The van der Waals surface area contributed by atoms with Gasteiger partial charge in [-0.25, -0.2) is 9.97 Å². The number of carbonyl (C=O) groups is 1. The fourth-order valence-corrected chi connectivity index (χ4v) is 4.03. The lowest BCUT2D eigenvalue weighted by Gasteiger charge is -2.31. The molecule has 154 valence electrons. The Balaban J connectivity index is 1.59. The van der Waals surface area contributed by atoms with Crippen LogP contribution >= 0.6 is 0 Å². The number of carbonyl (C=O) groups excluding carboxylic acids is 1. The Bertz CT molecular complexity index is 894. The zero-order chi connectivity index (χ0) is 20.6. The van der Waals surface area contributed by atoms with Crippen molar-refractivity contribution >= 4 is 17.5 Å². The van der Waals surface area contributed by atoms with E-state index in [2.05, 4.69) is 15.3 Å². The first-order valence-electron chi connectivity index (χ1n) is 9.97. The molecule has 1 amide bonds.